The molecule has 24 heavy (non-hydrogen) atoms. The molecule has 0 saturated carbocycles. The van der Waals surface area contributed by atoms with Gasteiger partial charge in [-0.05, 0) is 31.7 Å². The highest BCUT2D eigenvalue weighted by Gasteiger charge is 2.24. The lowest BCUT2D eigenvalue weighted by atomic mass is 10.1. The Bertz CT molecular complexity index is 511. The van der Waals surface area contributed by atoms with E-state index >= 15 is 0 Å². The molecule has 5 heteroatoms. The Balaban J connectivity index is 1.99. The molecule has 1 aliphatic rings. The standard InChI is InChI=1S/C19H27NO4/c1-3-22-19(21)15(2)13-17(24-18-11-7-8-12-23-18)20-14-16-9-5-4-6-10-16/h4-6,9-10,14-15,17-18H,3,7-8,11-13H2,1-2H3. The summed E-state index contributed by atoms with van der Waals surface area (Å²) in [4.78, 5) is 16.4. The lowest BCUT2D eigenvalue weighted by Crippen LogP contribution is -2.29. The van der Waals surface area contributed by atoms with Crippen LogP contribution >= 0.6 is 0 Å². The van der Waals surface area contributed by atoms with Gasteiger partial charge in [-0.25, -0.2) is 0 Å². The first kappa shape index (κ1) is 18.6. The van der Waals surface area contributed by atoms with Crippen LogP contribution in [0.15, 0.2) is 35.3 Å². The van der Waals surface area contributed by atoms with Gasteiger partial charge in [-0.1, -0.05) is 37.3 Å². The molecule has 3 atom stereocenters. The Hall–Kier alpha value is -1.72. The highest BCUT2D eigenvalue weighted by Crippen LogP contribution is 2.20. The molecule has 3 unspecified atom stereocenters. The minimum atomic E-state index is -0.423. The number of rotatable bonds is 8. The van der Waals surface area contributed by atoms with Gasteiger partial charge in [-0.3, -0.25) is 9.79 Å². The molecule has 1 aromatic rings. The topological polar surface area (TPSA) is 57.1 Å². The van der Waals surface area contributed by atoms with E-state index < -0.39 is 6.23 Å². The third-order valence-electron chi connectivity index (χ3n) is 3.88. The first-order valence-electron chi connectivity index (χ1n) is 8.71. The molecule has 1 aliphatic heterocycles. The molecule has 0 aromatic heterocycles. The average molecular weight is 333 g/mol. The quantitative estimate of drug-likeness (QED) is 0.539. The first-order chi connectivity index (χ1) is 11.7. The second-order valence-electron chi connectivity index (χ2n) is 5.96. The van der Waals surface area contributed by atoms with Crippen LogP contribution in [0.2, 0.25) is 0 Å². The van der Waals surface area contributed by atoms with Gasteiger partial charge in [-0.15, -0.1) is 0 Å². The normalized spacial score (nSPS) is 20.7. The Kier molecular flexibility index (Phi) is 7.92. The molecule has 2 rings (SSSR count). The van der Waals surface area contributed by atoms with E-state index in [9.17, 15) is 4.79 Å². The molecule has 0 aliphatic carbocycles. The van der Waals surface area contributed by atoms with Crippen LogP contribution in [0.3, 0.4) is 0 Å². The molecule has 1 fully saturated rings. The van der Waals surface area contributed by atoms with Crippen molar-refractivity contribution in [2.75, 3.05) is 13.2 Å². The number of ether oxygens (including phenoxy) is 3. The lowest BCUT2D eigenvalue weighted by molar-refractivity contribution is -0.190. The van der Waals surface area contributed by atoms with Crippen LogP contribution in [0, 0.1) is 5.92 Å². The number of hydrogen-bond acceptors (Lipinski definition) is 5. The molecular formula is C19H27NO4. The van der Waals surface area contributed by atoms with Crippen molar-refractivity contribution in [2.45, 2.75) is 52.0 Å². The van der Waals surface area contributed by atoms with Gasteiger partial charge in [-0.2, -0.15) is 0 Å². The summed E-state index contributed by atoms with van der Waals surface area (Å²) in [5, 5.41) is 0. The molecule has 1 saturated heterocycles. The van der Waals surface area contributed by atoms with E-state index in [-0.39, 0.29) is 18.2 Å². The smallest absolute Gasteiger partial charge is 0.308 e. The van der Waals surface area contributed by atoms with Crippen molar-refractivity contribution in [2.24, 2.45) is 10.9 Å². The summed E-state index contributed by atoms with van der Waals surface area (Å²) in [6.07, 6.45) is 4.61. The van der Waals surface area contributed by atoms with Crippen molar-refractivity contribution in [3.05, 3.63) is 35.9 Å². The number of aliphatic imine (C=N–C) groups is 1. The fourth-order valence-corrected chi connectivity index (χ4v) is 2.54. The number of carbonyl (C=O) groups excluding carboxylic acids is 1. The molecule has 0 spiro atoms. The zero-order valence-corrected chi connectivity index (χ0v) is 14.5. The average Bonchev–Trinajstić information content (AvgIpc) is 2.61. The molecule has 5 nitrogen and oxygen atoms in total. The van der Waals surface area contributed by atoms with Crippen molar-refractivity contribution in [3.63, 3.8) is 0 Å². The van der Waals surface area contributed by atoms with Crippen LogP contribution < -0.4 is 0 Å². The third-order valence-corrected chi connectivity index (χ3v) is 3.88. The third kappa shape index (κ3) is 6.42. The second kappa shape index (κ2) is 10.2. The molecule has 0 amide bonds. The Morgan fingerprint density at radius 3 is 2.83 bits per heavy atom. The molecule has 132 valence electrons. The number of benzene rings is 1. The van der Waals surface area contributed by atoms with Crippen LogP contribution in [0.5, 0.6) is 0 Å². The van der Waals surface area contributed by atoms with Gasteiger partial charge in [0.25, 0.3) is 0 Å². The minimum Gasteiger partial charge on any atom is -0.466 e. The van der Waals surface area contributed by atoms with Crippen LogP contribution in [0.4, 0.5) is 0 Å². The van der Waals surface area contributed by atoms with Gasteiger partial charge in [0.15, 0.2) is 12.5 Å². The molecule has 0 bridgehead atoms. The number of carbonyl (C=O) groups is 1. The molecule has 1 heterocycles. The highest BCUT2D eigenvalue weighted by molar-refractivity contribution is 5.79. The van der Waals surface area contributed by atoms with Crippen LogP contribution in [0.25, 0.3) is 0 Å². The molecule has 0 N–H and O–H groups in total. The lowest BCUT2D eigenvalue weighted by Gasteiger charge is -2.27. The predicted octanol–water partition coefficient (Wildman–Crippen LogP) is 3.56. The summed E-state index contributed by atoms with van der Waals surface area (Å²) in [5.74, 6) is -0.489. The van der Waals surface area contributed by atoms with E-state index in [1.165, 1.54) is 0 Å². The van der Waals surface area contributed by atoms with Crippen molar-refractivity contribution >= 4 is 12.2 Å². The van der Waals surface area contributed by atoms with E-state index in [1.807, 2.05) is 44.2 Å². The number of esters is 1. The fraction of sp³-hybridized carbons (Fsp3) is 0.579. The summed E-state index contributed by atoms with van der Waals surface area (Å²) in [6.45, 7) is 4.75. The summed E-state index contributed by atoms with van der Waals surface area (Å²) in [6, 6.07) is 9.84. The van der Waals surface area contributed by atoms with Crippen LogP contribution in [-0.4, -0.2) is 37.9 Å². The highest BCUT2D eigenvalue weighted by atomic mass is 16.7. The Morgan fingerprint density at radius 2 is 2.17 bits per heavy atom. The van der Waals surface area contributed by atoms with E-state index in [0.29, 0.717) is 19.6 Å². The van der Waals surface area contributed by atoms with Gasteiger partial charge >= 0.3 is 5.97 Å². The largest absolute Gasteiger partial charge is 0.466 e. The second-order valence-corrected chi connectivity index (χ2v) is 5.96. The summed E-state index contributed by atoms with van der Waals surface area (Å²) in [7, 11) is 0. The van der Waals surface area contributed by atoms with E-state index in [4.69, 9.17) is 14.2 Å². The van der Waals surface area contributed by atoms with E-state index in [0.717, 1.165) is 24.8 Å². The van der Waals surface area contributed by atoms with Crippen molar-refractivity contribution in [1.82, 2.24) is 0 Å². The Labute approximate surface area is 144 Å². The van der Waals surface area contributed by atoms with Crippen LogP contribution in [0.1, 0.15) is 45.1 Å². The SMILES string of the molecule is CCOC(=O)C(C)CC(N=Cc1ccccc1)OC1CCCCO1. The zero-order valence-electron chi connectivity index (χ0n) is 14.5. The first-order valence-corrected chi connectivity index (χ1v) is 8.71. The van der Waals surface area contributed by atoms with Gasteiger partial charge < -0.3 is 14.2 Å². The van der Waals surface area contributed by atoms with Gasteiger partial charge in [0.1, 0.15) is 0 Å². The molecule has 0 radical (unpaired) electrons. The summed E-state index contributed by atoms with van der Waals surface area (Å²) >= 11 is 0. The maximum Gasteiger partial charge on any atom is 0.308 e. The molecule has 1 aromatic carbocycles. The van der Waals surface area contributed by atoms with E-state index in [1.54, 1.807) is 6.21 Å². The molecular weight excluding hydrogens is 306 g/mol. The van der Waals surface area contributed by atoms with Crippen molar-refractivity contribution in [3.8, 4) is 0 Å². The van der Waals surface area contributed by atoms with Crippen LogP contribution in [-0.2, 0) is 19.0 Å². The predicted molar refractivity (Wildman–Crippen MR) is 92.9 cm³/mol. The van der Waals surface area contributed by atoms with Crippen molar-refractivity contribution < 1.29 is 19.0 Å². The van der Waals surface area contributed by atoms with Gasteiger partial charge in [0.2, 0.25) is 0 Å². The fourth-order valence-electron chi connectivity index (χ4n) is 2.54. The van der Waals surface area contributed by atoms with Gasteiger partial charge in [0, 0.05) is 19.2 Å². The zero-order chi connectivity index (χ0) is 17.2. The van der Waals surface area contributed by atoms with E-state index in [2.05, 4.69) is 4.99 Å². The Morgan fingerprint density at radius 1 is 1.38 bits per heavy atom. The summed E-state index contributed by atoms with van der Waals surface area (Å²) in [5.41, 5.74) is 0.999. The minimum absolute atomic E-state index is 0.217. The monoisotopic (exact) mass is 333 g/mol. The summed E-state index contributed by atoms with van der Waals surface area (Å²) < 4.78 is 16.7. The number of nitrogens with zero attached hydrogens (tertiary/aromatic N) is 1. The maximum atomic E-state index is 11.9. The van der Waals surface area contributed by atoms with Crippen molar-refractivity contribution in [1.29, 1.82) is 0 Å². The maximum absolute atomic E-state index is 11.9. The van der Waals surface area contributed by atoms with Gasteiger partial charge in [0.05, 0.1) is 12.5 Å². The number of hydrogen-bond donors (Lipinski definition) is 0.